The first-order chi connectivity index (χ1) is 8.25. The molecule has 5 unspecified atom stereocenters. The number of hydrogen-bond acceptors (Lipinski definition) is 3. The quantitative estimate of drug-likeness (QED) is 0.756. The van der Waals surface area contributed by atoms with E-state index in [1.54, 1.807) is 0 Å². The van der Waals surface area contributed by atoms with Crippen LogP contribution in [0.5, 0.6) is 0 Å². The molecule has 1 fully saturated rings. The third kappa shape index (κ3) is 3.21. The van der Waals surface area contributed by atoms with Gasteiger partial charge < -0.3 is 10.4 Å². The van der Waals surface area contributed by atoms with Gasteiger partial charge in [0.05, 0.1) is 6.04 Å². The molecule has 0 saturated carbocycles. The van der Waals surface area contributed by atoms with E-state index in [1.165, 1.54) is 6.92 Å². The van der Waals surface area contributed by atoms with E-state index in [2.05, 4.69) is 35.5 Å². The molecular weight excluding hydrogens is 251 g/mol. The van der Waals surface area contributed by atoms with Crippen molar-refractivity contribution in [2.75, 3.05) is 0 Å². The first-order valence-electron chi connectivity index (χ1n) is 6.32. The smallest absolute Gasteiger partial charge is 0.325 e. The molecule has 5 nitrogen and oxygen atoms in total. The molecule has 18 heavy (non-hydrogen) atoms. The van der Waals surface area contributed by atoms with Crippen LogP contribution in [0.4, 0.5) is 0 Å². The molecular formula is C12H23N2O3P. The first-order valence-corrected chi connectivity index (χ1v) is 6.83. The molecule has 0 aromatic heterocycles. The maximum absolute atomic E-state index is 12.1. The average Bonchev–Trinajstić information content (AvgIpc) is 2.30. The molecule has 1 amide bonds. The first kappa shape index (κ1) is 15.4. The van der Waals surface area contributed by atoms with Gasteiger partial charge in [0.2, 0.25) is 5.91 Å². The fourth-order valence-corrected chi connectivity index (χ4v) is 2.86. The molecule has 0 aromatic carbocycles. The van der Waals surface area contributed by atoms with Crippen molar-refractivity contribution in [3.05, 3.63) is 0 Å². The van der Waals surface area contributed by atoms with E-state index in [9.17, 15) is 9.59 Å². The summed E-state index contributed by atoms with van der Waals surface area (Å²) in [6, 6.07) is -0.825. The molecule has 1 aliphatic heterocycles. The summed E-state index contributed by atoms with van der Waals surface area (Å²) in [6.45, 7) is 7.89. The Labute approximate surface area is 111 Å². The predicted octanol–water partition coefficient (Wildman–Crippen LogP) is 1.10. The monoisotopic (exact) mass is 274 g/mol. The number of nitrogens with zero attached hydrogens (tertiary/aromatic N) is 1. The second kappa shape index (κ2) is 5.98. The molecule has 104 valence electrons. The number of carbonyl (C=O) groups excluding carboxylic acids is 1. The number of carboxylic acids is 1. The zero-order valence-electron chi connectivity index (χ0n) is 11.4. The maximum Gasteiger partial charge on any atom is 0.325 e. The predicted molar refractivity (Wildman–Crippen MR) is 73.0 cm³/mol. The minimum Gasteiger partial charge on any atom is -0.480 e. The van der Waals surface area contributed by atoms with Gasteiger partial charge in [0.15, 0.2) is 0 Å². The summed E-state index contributed by atoms with van der Waals surface area (Å²) < 4.78 is 1.97. The van der Waals surface area contributed by atoms with Crippen LogP contribution >= 0.6 is 9.39 Å². The second-order valence-corrected chi connectivity index (χ2v) is 5.94. The Kier molecular flexibility index (Phi) is 5.11. The van der Waals surface area contributed by atoms with Gasteiger partial charge in [0.1, 0.15) is 6.04 Å². The highest BCUT2D eigenvalue weighted by Crippen LogP contribution is 2.34. The van der Waals surface area contributed by atoms with Crippen LogP contribution in [-0.4, -0.2) is 39.8 Å². The normalized spacial score (nSPS) is 34.9. The van der Waals surface area contributed by atoms with Crippen molar-refractivity contribution in [3.8, 4) is 0 Å². The lowest BCUT2D eigenvalue weighted by Crippen LogP contribution is -2.55. The Morgan fingerprint density at radius 1 is 1.39 bits per heavy atom. The molecule has 1 rings (SSSR count). The Hall–Kier alpha value is -0.670. The van der Waals surface area contributed by atoms with Crippen molar-refractivity contribution in [1.82, 2.24) is 9.99 Å². The summed E-state index contributed by atoms with van der Waals surface area (Å²) in [5.74, 6) is -0.245. The summed E-state index contributed by atoms with van der Waals surface area (Å²) >= 11 is 0. The second-order valence-electron chi connectivity index (χ2n) is 5.34. The van der Waals surface area contributed by atoms with Gasteiger partial charge in [0.25, 0.3) is 0 Å². The fourth-order valence-electron chi connectivity index (χ4n) is 2.33. The van der Waals surface area contributed by atoms with Crippen LogP contribution in [-0.2, 0) is 9.59 Å². The van der Waals surface area contributed by atoms with Crippen molar-refractivity contribution in [2.45, 2.75) is 52.2 Å². The highest BCUT2D eigenvalue weighted by atomic mass is 31.0. The summed E-state index contributed by atoms with van der Waals surface area (Å²) in [5, 5.41) is 11.3. The van der Waals surface area contributed by atoms with E-state index in [4.69, 9.17) is 5.11 Å². The van der Waals surface area contributed by atoms with E-state index in [0.29, 0.717) is 11.8 Å². The number of rotatable bonds is 3. The third-order valence-electron chi connectivity index (χ3n) is 4.12. The van der Waals surface area contributed by atoms with Gasteiger partial charge in [-0.3, -0.25) is 14.3 Å². The van der Waals surface area contributed by atoms with Crippen LogP contribution < -0.4 is 5.32 Å². The molecule has 2 N–H and O–H groups in total. The summed E-state index contributed by atoms with van der Waals surface area (Å²) in [5.41, 5.74) is 0. The number of nitrogens with one attached hydrogen (secondary N) is 1. The molecule has 0 spiro atoms. The van der Waals surface area contributed by atoms with Gasteiger partial charge >= 0.3 is 5.97 Å². The summed E-state index contributed by atoms with van der Waals surface area (Å²) in [6.07, 6.45) is 0.757. The van der Waals surface area contributed by atoms with E-state index < -0.39 is 12.0 Å². The standard InChI is InChI=1S/C12H23N2O3P/c1-6-5-10(14(18)9(4)7(6)2)11(15)13-8(3)12(16)17/h6-10H,5,18H2,1-4H3,(H,13,15)(H,16,17)/t6?,7?,8-,9?,10?/m0/s1. The van der Waals surface area contributed by atoms with Crippen molar-refractivity contribution < 1.29 is 14.7 Å². The third-order valence-corrected chi connectivity index (χ3v) is 4.95. The zero-order chi connectivity index (χ0) is 14.0. The molecule has 6 heteroatoms. The van der Waals surface area contributed by atoms with Gasteiger partial charge in [0, 0.05) is 6.04 Å². The number of hydrogen-bond donors (Lipinski definition) is 2. The van der Waals surface area contributed by atoms with Gasteiger partial charge in [-0.15, -0.1) is 0 Å². The van der Waals surface area contributed by atoms with Gasteiger partial charge in [-0.1, -0.05) is 23.2 Å². The molecule has 1 heterocycles. The Morgan fingerprint density at radius 3 is 2.44 bits per heavy atom. The van der Waals surface area contributed by atoms with Crippen LogP contribution in [0, 0.1) is 11.8 Å². The number of amides is 1. The van der Waals surface area contributed by atoms with Crippen LogP contribution in [0.2, 0.25) is 0 Å². The summed E-state index contributed by atoms with van der Waals surface area (Å²) in [7, 11) is 2.60. The number of piperidine rings is 1. The van der Waals surface area contributed by atoms with Crippen molar-refractivity contribution >= 4 is 21.3 Å². The number of aliphatic carboxylic acids is 1. The number of carboxylic acid groups (broad SMARTS) is 1. The van der Waals surface area contributed by atoms with Crippen molar-refractivity contribution in [1.29, 1.82) is 0 Å². The number of carbonyl (C=O) groups is 2. The minimum absolute atomic E-state index is 0.203. The Bertz CT molecular complexity index is 337. The highest BCUT2D eigenvalue weighted by molar-refractivity contribution is 7.13. The summed E-state index contributed by atoms with van der Waals surface area (Å²) in [4.78, 5) is 22.8. The van der Waals surface area contributed by atoms with Crippen LogP contribution in [0.3, 0.4) is 0 Å². The zero-order valence-corrected chi connectivity index (χ0v) is 12.5. The largest absolute Gasteiger partial charge is 0.480 e. The van der Waals surface area contributed by atoms with Crippen LogP contribution in [0.25, 0.3) is 0 Å². The van der Waals surface area contributed by atoms with E-state index >= 15 is 0 Å². The topological polar surface area (TPSA) is 69.6 Å². The molecule has 0 bridgehead atoms. The van der Waals surface area contributed by atoms with Gasteiger partial charge in [-0.05, 0) is 32.1 Å². The molecule has 1 saturated heterocycles. The molecule has 0 radical (unpaired) electrons. The lowest BCUT2D eigenvalue weighted by molar-refractivity contribution is -0.142. The average molecular weight is 274 g/mol. The van der Waals surface area contributed by atoms with E-state index in [1.807, 2.05) is 4.67 Å². The van der Waals surface area contributed by atoms with Gasteiger partial charge in [-0.2, -0.15) is 0 Å². The molecule has 6 atom stereocenters. The van der Waals surface area contributed by atoms with Crippen molar-refractivity contribution in [3.63, 3.8) is 0 Å². The van der Waals surface area contributed by atoms with E-state index in [-0.39, 0.29) is 18.0 Å². The van der Waals surface area contributed by atoms with Gasteiger partial charge in [-0.25, -0.2) is 0 Å². The van der Waals surface area contributed by atoms with Crippen molar-refractivity contribution in [2.24, 2.45) is 11.8 Å². The molecule has 1 aliphatic rings. The lowest BCUT2D eigenvalue weighted by atomic mass is 9.80. The Morgan fingerprint density at radius 2 is 1.94 bits per heavy atom. The maximum atomic E-state index is 12.1. The lowest BCUT2D eigenvalue weighted by Gasteiger charge is -2.44. The highest BCUT2D eigenvalue weighted by Gasteiger charge is 2.38. The SMILES string of the molecule is CC1CC(C(=O)N[C@@H](C)C(=O)O)N(P)C(C)C1C. The fraction of sp³-hybridized carbons (Fsp3) is 0.833. The Balaban J connectivity index is 2.70. The van der Waals surface area contributed by atoms with Crippen LogP contribution in [0.15, 0.2) is 0 Å². The molecule has 0 aliphatic carbocycles. The molecule has 0 aromatic rings. The minimum atomic E-state index is -1.01. The van der Waals surface area contributed by atoms with E-state index in [0.717, 1.165) is 6.42 Å². The van der Waals surface area contributed by atoms with Crippen LogP contribution in [0.1, 0.15) is 34.1 Å².